The SMILES string of the molecule is O=C(Nc1ccc(Br)nc1)c1ccc(Br)o1. The highest BCUT2D eigenvalue weighted by molar-refractivity contribution is 9.10. The van der Waals surface area contributed by atoms with Crippen molar-refractivity contribution >= 4 is 43.5 Å². The van der Waals surface area contributed by atoms with Crippen LogP contribution in [0.1, 0.15) is 10.6 Å². The number of carbonyl (C=O) groups excluding carboxylic acids is 1. The van der Waals surface area contributed by atoms with E-state index in [2.05, 4.69) is 42.2 Å². The number of nitrogens with one attached hydrogen (secondary N) is 1. The van der Waals surface area contributed by atoms with Gasteiger partial charge < -0.3 is 9.73 Å². The molecule has 0 unspecified atom stereocenters. The first kappa shape index (κ1) is 11.3. The molecule has 2 aromatic rings. The molecule has 0 saturated heterocycles. The minimum Gasteiger partial charge on any atom is -0.444 e. The quantitative estimate of drug-likeness (QED) is 0.848. The van der Waals surface area contributed by atoms with Crippen LogP contribution in [0.4, 0.5) is 5.69 Å². The Hall–Kier alpha value is -1.14. The van der Waals surface area contributed by atoms with E-state index in [1.165, 1.54) is 0 Å². The molecule has 0 radical (unpaired) electrons. The number of carbonyl (C=O) groups is 1. The van der Waals surface area contributed by atoms with E-state index in [4.69, 9.17) is 4.42 Å². The van der Waals surface area contributed by atoms with Crippen LogP contribution in [0.15, 0.2) is 44.2 Å². The summed E-state index contributed by atoms with van der Waals surface area (Å²) in [4.78, 5) is 15.6. The summed E-state index contributed by atoms with van der Waals surface area (Å²) in [6.45, 7) is 0. The van der Waals surface area contributed by atoms with Crippen LogP contribution < -0.4 is 5.32 Å². The number of amides is 1. The third-order valence-corrected chi connectivity index (χ3v) is 2.68. The molecule has 6 heteroatoms. The third-order valence-electron chi connectivity index (χ3n) is 1.78. The molecule has 82 valence electrons. The van der Waals surface area contributed by atoms with Crippen LogP contribution in [0.2, 0.25) is 0 Å². The van der Waals surface area contributed by atoms with Crippen molar-refractivity contribution in [2.45, 2.75) is 0 Å². The second kappa shape index (κ2) is 4.80. The minimum atomic E-state index is -0.310. The molecule has 2 heterocycles. The lowest BCUT2D eigenvalue weighted by Gasteiger charge is -2.01. The molecule has 1 N–H and O–H groups in total. The fourth-order valence-electron chi connectivity index (χ4n) is 1.08. The highest BCUT2D eigenvalue weighted by Crippen LogP contribution is 2.16. The summed E-state index contributed by atoms with van der Waals surface area (Å²) < 4.78 is 6.35. The van der Waals surface area contributed by atoms with E-state index in [-0.39, 0.29) is 11.7 Å². The van der Waals surface area contributed by atoms with Crippen molar-refractivity contribution in [3.8, 4) is 0 Å². The molecule has 0 aliphatic heterocycles. The van der Waals surface area contributed by atoms with E-state index >= 15 is 0 Å². The third kappa shape index (κ3) is 2.70. The van der Waals surface area contributed by atoms with E-state index in [0.29, 0.717) is 15.0 Å². The maximum absolute atomic E-state index is 11.6. The molecule has 0 bridgehead atoms. The van der Waals surface area contributed by atoms with E-state index in [1.807, 2.05) is 0 Å². The topological polar surface area (TPSA) is 55.1 Å². The maximum atomic E-state index is 11.6. The van der Waals surface area contributed by atoms with Crippen molar-refractivity contribution < 1.29 is 9.21 Å². The fourth-order valence-corrected chi connectivity index (χ4v) is 1.62. The largest absolute Gasteiger partial charge is 0.444 e. The molecule has 0 atom stereocenters. The van der Waals surface area contributed by atoms with E-state index in [9.17, 15) is 4.79 Å². The van der Waals surface area contributed by atoms with Crippen molar-refractivity contribution in [1.29, 1.82) is 0 Å². The molecule has 0 aromatic carbocycles. The van der Waals surface area contributed by atoms with Crippen LogP contribution in [0, 0.1) is 0 Å². The minimum absolute atomic E-state index is 0.245. The van der Waals surface area contributed by atoms with Crippen molar-refractivity contribution in [1.82, 2.24) is 4.98 Å². The Morgan fingerprint density at radius 2 is 2.06 bits per heavy atom. The van der Waals surface area contributed by atoms with Gasteiger partial charge in [0.2, 0.25) is 0 Å². The Bertz CT molecular complexity index is 508. The predicted molar refractivity (Wildman–Crippen MR) is 66.3 cm³/mol. The zero-order valence-corrected chi connectivity index (χ0v) is 11.1. The average Bonchev–Trinajstić information content (AvgIpc) is 2.68. The Balaban J connectivity index is 2.10. The molecule has 2 aromatic heterocycles. The lowest BCUT2D eigenvalue weighted by atomic mass is 10.4. The first-order chi connectivity index (χ1) is 7.65. The van der Waals surface area contributed by atoms with Gasteiger partial charge in [0.25, 0.3) is 5.91 Å². The van der Waals surface area contributed by atoms with Gasteiger partial charge in [0, 0.05) is 0 Å². The van der Waals surface area contributed by atoms with Gasteiger partial charge in [-0.3, -0.25) is 4.79 Å². The predicted octanol–water partition coefficient (Wildman–Crippen LogP) is 3.45. The molecular formula is C10H6Br2N2O2. The Morgan fingerprint density at radius 1 is 1.25 bits per heavy atom. The summed E-state index contributed by atoms with van der Waals surface area (Å²) in [6.07, 6.45) is 1.56. The molecule has 2 rings (SSSR count). The number of anilines is 1. The molecule has 0 spiro atoms. The van der Waals surface area contributed by atoms with Gasteiger partial charge in [-0.2, -0.15) is 0 Å². The average molecular weight is 346 g/mol. The van der Waals surface area contributed by atoms with Crippen LogP contribution >= 0.6 is 31.9 Å². The standard InChI is InChI=1S/C10H6Br2N2O2/c11-8-3-1-6(5-13-8)14-10(15)7-2-4-9(12)16-7/h1-5H,(H,14,15). The molecular weight excluding hydrogens is 340 g/mol. The number of hydrogen-bond donors (Lipinski definition) is 1. The van der Waals surface area contributed by atoms with E-state index in [0.717, 1.165) is 0 Å². The number of halogens is 2. The second-order valence-corrected chi connectivity index (χ2v) is 4.52. The van der Waals surface area contributed by atoms with E-state index < -0.39 is 0 Å². The molecule has 1 amide bonds. The van der Waals surface area contributed by atoms with E-state index in [1.54, 1.807) is 30.5 Å². The number of rotatable bonds is 2. The van der Waals surface area contributed by atoms with Gasteiger partial charge in [-0.05, 0) is 56.1 Å². The molecule has 0 fully saturated rings. The van der Waals surface area contributed by atoms with Crippen LogP contribution in [-0.4, -0.2) is 10.9 Å². The fraction of sp³-hybridized carbons (Fsp3) is 0. The summed E-state index contributed by atoms with van der Waals surface area (Å²) in [5.74, 6) is -0.0652. The second-order valence-electron chi connectivity index (χ2n) is 2.93. The summed E-state index contributed by atoms with van der Waals surface area (Å²) in [6, 6.07) is 6.74. The summed E-state index contributed by atoms with van der Waals surface area (Å²) in [7, 11) is 0. The van der Waals surface area contributed by atoms with Gasteiger partial charge in [0.05, 0.1) is 11.9 Å². The lowest BCUT2D eigenvalue weighted by molar-refractivity contribution is 0.0995. The van der Waals surface area contributed by atoms with Crippen molar-refractivity contribution in [2.24, 2.45) is 0 Å². The number of nitrogens with zero attached hydrogens (tertiary/aromatic N) is 1. The summed E-state index contributed by atoms with van der Waals surface area (Å²) >= 11 is 6.34. The van der Waals surface area contributed by atoms with Crippen molar-refractivity contribution in [3.05, 3.63) is 45.5 Å². The molecule has 16 heavy (non-hydrogen) atoms. The van der Waals surface area contributed by atoms with Crippen molar-refractivity contribution in [3.63, 3.8) is 0 Å². The maximum Gasteiger partial charge on any atom is 0.291 e. The number of pyridine rings is 1. The Labute approximate surface area is 108 Å². The Morgan fingerprint density at radius 3 is 2.62 bits per heavy atom. The summed E-state index contributed by atoms with van der Waals surface area (Å²) in [5, 5.41) is 2.66. The molecule has 0 saturated carbocycles. The zero-order chi connectivity index (χ0) is 11.5. The lowest BCUT2D eigenvalue weighted by Crippen LogP contribution is -2.10. The van der Waals surface area contributed by atoms with Gasteiger partial charge in [0.1, 0.15) is 4.60 Å². The van der Waals surface area contributed by atoms with Crippen molar-refractivity contribution in [2.75, 3.05) is 5.32 Å². The van der Waals surface area contributed by atoms with Crippen LogP contribution in [0.5, 0.6) is 0 Å². The number of furan rings is 1. The molecule has 0 aliphatic carbocycles. The Kier molecular flexibility index (Phi) is 3.40. The van der Waals surface area contributed by atoms with Gasteiger partial charge in [0.15, 0.2) is 10.4 Å². The van der Waals surface area contributed by atoms with Crippen LogP contribution in [0.3, 0.4) is 0 Å². The number of aromatic nitrogens is 1. The molecule has 4 nitrogen and oxygen atoms in total. The molecule has 0 aliphatic rings. The first-order valence-corrected chi connectivity index (χ1v) is 5.92. The highest BCUT2D eigenvalue weighted by Gasteiger charge is 2.10. The van der Waals surface area contributed by atoms with Crippen LogP contribution in [0.25, 0.3) is 0 Å². The van der Waals surface area contributed by atoms with Gasteiger partial charge in [-0.1, -0.05) is 0 Å². The van der Waals surface area contributed by atoms with Gasteiger partial charge in [-0.25, -0.2) is 4.98 Å². The summed E-state index contributed by atoms with van der Waals surface area (Å²) in [5.41, 5.74) is 0.612. The highest BCUT2D eigenvalue weighted by atomic mass is 79.9. The first-order valence-electron chi connectivity index (χ1n) is 4.33. The zero-order valence-electron chi connectivity index (χ0n) is 7.91. The normalized spacial score (nSPS) is 10.1. The smallest absolute Gasteiger partial charge is 0.291 e. The van der Waals surface area contributed by atoms with Gasteiger partial charge >= 0.3 is 0 Å². The van der Waals surface area contributed by atoms with Gasteiger partial charge in [-0.15, -0.1) is 0 Å². The van der Waals surface area contributed by atoms with Crippen LogP contribution in [-0.2, 0) is 0 Å². The monoisotopic (exact) mass is 344 g/mol. The number of hydrogen-bond acceptors (Lipinski definition) is 3.